The van der Waals surface area contributed by atoms with E-state index in [9.17, 15) is 9.18 Å². The zero-order chi connectivity index (χ0) is 17.9. The van der Waals surface area contributed by atoms with Gasteiger partial charge in [0.05, 0.1) is 11.9 Å². The molecule has 0 saturated carbocycles. The van der Waals surface area contributed by atoms with Crippen LogP contribution in [-0.2, 0) is 24.1 Å². The Morgan fingerprint density at radius 1 is 1.23 bits per heavy atom. The number of thiazole rings is 1. The van der Waals surface area contributed by atoms with E-state index in [-0.39, 0.29) is 18.1 Å². The molecule has 0 radical (unpaired) electrons. The van der Waals surface area contributed by atoms with Crippen LogP contribution in [0.2, 0.25) is 0 Å². The van der Waals surface area contributed by atoms with E-state index in [0.717, 1.165) is 24.1 Å². The number of hydrogen-bond donors (Lipinski definition) is 1. The number of rotatable bonds is 5. The number of oxazole rings is 1. The number of carbonyl (C=O) groups excluding carboxylic acids is 1. The number of anilines is 1. The summed E-state index contributed by atoms with van der Waals surface area (Å²) in [7, 11) is 0. The molecule has 1 amide bonds. The summed E-state index contributed by atoms with van der Waals surface area (Å²) in [6, 6.07) is 6.02. The van der Waals surface area contributed by atoms with Gasteiger partial charge in [0.1, 0.15) is 5.82 Å². The van der Waals surface area contributed by atoms with Crippen LogP contribution in [0, 0.1) is 5.82 Å². The highest BCUT2D eigenvalue weighted by Gasteiger charge is 2.16. The standard InChI is InChI=1S/C19H18FN3O2S/c20-13-7-5-12(6-8-13)15-11-21-18(25-15)10-9-17(24)23-19-22-14-3-1-2-4-16(14)26-19/h5-8,11H,1-4,9-10H2,(H,22,23,24). The van der Waals surface area contributed by atoms with Gasteiger partial charge in [0.2, 0.25) is 5.91 Å². The monoisotopic (exact) mass is 371 g/mol. The average Bonchev–Trinajstić information content (AvgIpc) is 3.27. The van der Waals surface area contributed by atoms with E-state index in [1.807, 2.05) is 0 Å². The van der Waals surface area contributed by atoms with Gasteiger partial charge < -0.3 is 9.73 Å². The van der Waals surface area contributed by atoms with E-state index in [0.29, 0.717) is 23.2 Å². The van der Waals surface area contributed by atoms with Crippen LogP contribution < -0.4 is 5.32 Å². The van der Waals surface area contributed by atoms with Crippen LogP contribution in [0.25, 0.3) is 11.3 Å². The Balaban J connectivity index is 1.33. The molecule has 4 rings (SSSR count). The van der Waals surface area contributed by atoms with Gasteiger partial charge in [0.15, 0.2) is 16.8 Å². The molecule has 1 aliphatic carbocycles. The molecule has 0 atom stereocenters. The summed E-state index contributed by atoms with van der Waals surface area (Å²) in [6.07, 6.45) is 6.70. The number of fused-ring (bicyclic) bond motifs is 1. The molecule has 0 spiro atoms. The SMILES string of the molecule is O=C(CCc1ncc(-c2ccc(F)cc2)o1)Nc1nc2c(s1)CCCC2. The number of aromatic nitrogens is 2. The molecular formula is C19H18FN3O2S. The minimum absolute atomic E-state index is 0.0994. The maximum Gasteiger partial charge on any atom is 0.226 e. The lowest BCUT2D eigenvalue weighted by atomic mass is 10.0. The Bertz CT molecular complexity index is 894. The molecule has 0 fully saturated rings. The molecule has 3 aromatic rings. The molecule has 0 aliphatic heterocycles. The third kappa shape index (κ3) is 3.83. The Morgan fingerprint density at radius 2 is 2.04 bits per heavy atom. The van der Waals surface area contributed by atoms with Crippen LogP contribution in [0.1, 0.15) is 35.7 Å². The van der Waals surface area contributed by atoms with E-state index in [1.54, 1.807) is 29.7 Å². The molecule has 0 bridgehead atoms. The lowest BCUT2D eigenvalue weighted by Gasteiger charge is -2.06. The van der Waals surface area contributed by atoms with Crippen molar-refractivity contribution >= 4 is 22.4 Å². The van der Waals surface area contributed by atoms with Crippen molar-refractivity contribution in [3.8, 4) is 11.3 Å². The van der Waals surface area contributed by atoms with Gasteiger partial charge in [0.25, 0.3) is 0 Å². The zero-order valence-electron chi connectivity index (χ0n) is 14.1. The number of benzene rings is 1. The largest absolute Gasteiger partial charge is 0.441 e. The van der Waals surface area contributed by atoms with E-state index < -0.39 is 0 Å². The van der Waals surface area contributed by atoms with Crippen LogP contribution in [0.5, 0.6) is 0 Å². The average molecular weight is 371 g/mol. The van der Waals surface area contributed by atoms with Crippen LogP contribution in [0.4, 0.5) is 9.52 Å². The van der Waals surface area contributed by atoms with E-state index >= 15 is 0 Å². The maximum atomic E-state index is 13.0. The Kier molecular flexibility index (Phi) is 4.79. The molecule has 1 aromatic carbocycles. The second-order valence-corrected chi connectivity index (χ2v) is 7.35. The number of halogens is 1. The molecule has 2 aromatic heterocycles. The van der Waals surface area contributed by atoms with E-state index in [2.05, 4.69) is 15.3 Å². The molecule has 2 heterocycles. The lowest BCUT2D eigenvalue weighted by Crippen LogP contribution is -2.12. The molecule has 0 saturated heterocycles. The first-order valence-electron chi connectivity index (χ1n) is 8.66. The van der Waals surface area contributed by atoms with Crippen molar-refractivity contribution in [3.63, 3.8) is 0 Å². The second kappa shape index (κ2) is 7.37. The molecule has 26 heavy (non-hydrogen) atoms. The Hall–Kier alpha value is -2.54. The normalized spacial score (nSPS) is 13.4. The first-order valence-corrected chi connectivity index (χ1v) is 9.48. The summed E-state index contributed by atoms with van der Waals surface area (Å²) in [5.74, 6) is 0.651. The number of amides is 1. The van der Waals surface area contributed by atoms with Gasteiger partial charge in [-0.2, -0.15) is 0 Å². The van der Waals surface area contributed by atoms with Gasteiger partial charge in [-0.05, 0) is 49.9 Å². The zero-order valence-corrected chi connectivity index (χ0v) is 14.9. The highest BCUT2D eigenvalue weighted by molar-refractivity contribution is 7.15. The molecule has 7 heteroatoms. The summed E-state index contributed by atoms with van der Waals surface area (Å²) < 4.78 is 18.6. The minimum atomic E-state index is -0.297. The summed E-state index contributed by atoms with van der Waals surface area (Å²) in [4.78, 5) is 22.2. The third-order valence-corrected chi connectivity index (χ3v) is 5.41. The first kappa shape index (κ1) is 16.9. The lowest BCUT2D eigenvalue weighted by molar-refractivity contribution is -0.116. The van der Waals surface area contributed by atoms with Crippen molar-refractivity contribution in [1.82, 2.24) is 9.97 Å². The Morgan fingerprint density at radius 3 is 2.85 bits per heavy atom. The molecular weight excluding hydrogens is 353 g/mol. The highest BCUT2D eigenvalue weighted by atomic mass is 32.1. The Labute approximate surface area is 154 Å². The molecule has 5 nitrogen and oxygen atoms in total. The van der Waals surface area contributed by atoms with Crippen molar-refractivity contribution in [3.05, 3.63) is 52.7 Å². The van der Waals surface area contributed by atoms with Crippen LogP contribution in [0.15, 0.2) is 34.9 Å². The molecule has 0 unspecified atom stereocenters. The summed E-state index contributed by atoms with van der Waals surface area (Å²) >= 11 is 1.58. The smallest absolute Gasteiger partial charge is 0.226 e. The maximum absolute atomic E-state index is 13.0. The molecule has 1 aliphatic rings. The number of nitrogens with one attached hydrogen (secondary N) is 1. The van der Waals surface area contributed by atoms with Crippen molar-refractivity contribution in [2.75, 3.05) is 5.32 Å². The van der Waals surface area contributed by atoms with Gasteiger partial charge >= 0.3 is 0 Å². The van der Waals surface area contributed by atoms with Crippen molar-refractivity contribution < 1.29 is 13.6 Å². The fraction of sp³-hybridized carbons (Fsp3) is 0.316. The van der Waals surface area contributed by atoms with Crippen molar-refractivity contribution in [1.29, 1.82) is 0 Å². The van der Waals surface area contributed by atoms with Gasteiger partial charge in [-0.1, -0.05) is 0 Å². The first-order chi connectivity index (χ1) is 12.7. The number of aryl methyl sites for hydroxylation is 3. The van der Waals surface area contributed by atoms with Crippen LogP contribution in [0.3, 0.4) is 0 Å². The van der Waals surface area contributed by atoms with E-state index in [1.165, 1.54) is 29.9 Å². The highest BCUT2D eigenvalue weighted by Crippen LogP contribution is 2.29. The third-order valence-electron chi connectivity index (χ3n) is 4.34. The van der Waals surface area contributed by atoms with Gasteiger partial charge in [-0.15, -0.1) is 11.3 Å². The predicted molar refractivity (Wildman–Crippen MR) is 97.6 cm³/mol. The number of carbonyl (C=O) groups is 1. The summed E-state index contributed by atoms with van der Waals surface area (Å²) in [5, 5.41) is 3.55. The van der Waals surface area contributed by atoms with Crippen molar-refractivity contribution in [2.45, 2.75) is 38.5 Å². The van der Waals surface area contributed by atoms with Crippen LogP contribution >= 0.6 is 11.3 Å². The minimum Gasteiger partial charge on any atom is -0.441 e. The van der Waals surface area contributed by atoms with E-state index in [4.69, 9.17) is 4.42 Å². The topological polar surface area (TPSA) is 68.0 Å². The molecule has 134 valence electrons. The second-order valence-electron chi connectivity index (χ2n) is 6.27. The number of nitrogens with zero attached hydrogens (tertiary/aromatic N) is 2. The van der Waals surface area contributed by atoms with Gasteiger partial charge in [-0.25, -0.2) is 14.4 Å². The fourth-order valence-corrected chi connectivity index (χ4v) is 4.05. The van der Waals surface area contributed by atoms with Gasteiger partial charge in [-0.3, -0.25) is 4.79 Å². The van der Waals surface area contributed by atoms with Crippen molar-refractivity contribution in [2.24, 2.45) is 0 Å². The fourth-order valence-electron chi connectivity index (χ4n) is 2.98. The molecule has 1 N–H and O–H groups in total. The van der Waals surface area contributed by atoms with Crippen LogP contribution in [-0.4, -0.2) is 15.9 Å². The summed E-state index contributed by atoms with van der Waals surface area (Å²) in [6.45, 7) is 0. The quantitative estimate of drug-likeness (QED) is 0.722. The number of hydrogen-bond acceptors (Lipinski definition) is 5. The summed E-state index contributed by atoms with van der Waals surface area (Å²) in [5.41, 5.74) is 1.89. The van der Waals surface area contributed by atoms with Gasteiger partial charge in [0, 0.05) is 23.3 Å². The predicted octanol–water partition coefficient (Wildman–Crippen LogP) is 4.39.